The number of hydrogen-bond donors (Lipinski definition) is 2. The summed E-state index contributed by atoms with van der Waals surface area (Å²) in [6.07, 6.45) is 0.000638. The lowest BCUT2D eigenvalue weighted by Gasteiger charge is -2.16. The number of aliphatic hydroxyl groups is 1. The predicted molar refractivity (Wildman–Crippen MR) is 109 cm³/mol. The number of aryl methyl sites for hydroxylation is 3. The van der Waals surface area contributed by atoms with Crippen LogP contribution in [0.25, 0.3) is 11.0 Å². The van der Waals surface area contributed by atoms with Gasteiger partial charge >= 0.3 is 5.97 Å². The second-order valence-electron chi connectivity index (χ2n) is 7.01. The van der Waals surface area contributed by atoms with Gasteiger partial charge in [0.1, 0.15) is 17.1 Å². The highest BCUT2D eigenvalue weighted by Crippen LogP contribution is 2.35. The van der Waals surface area contributed by atoms with E-state index in [9.17, 15) is 15.0 Å². The van der Waals surface area contributed by atoms with E-state index in [1.165, 1.54) is 5.06 Å². The molecule has 150 valence electrons. The van der Waals surface area contributed by atoms with Crippen molar-refractivity contribution in [2.45, 2.75) is 32.8 Å². The molecule has 8 heteroatoms. The van der Waals surface area contributed by atoms with Crippen molar-refractivity contribution in [1.82, 2.24) is 14.6 Å². The second-order valence-corrected chi connectivity index (χ2v) is 8.14. The molecule has 1 aromatic carbocycles. The van der Waals surface area contributed by atoms with Gasteiger partial charge in [-0.15, -0.1) is 16.4 Å². The summed E-state index contributed by atoms with van der Waals surface area (Å²) >= 11 is 1.58. The first-order valence-corrected chi connectivity index (χ1v) is 9.88. The Bertz CT molecular complexity index is 1020. The minimum atomic E-state index is -0.676. The Morgan fingerprint density at radius 2 is 2.11 bits per heavy atom. The summed E-state index contributed by atoms with van der Waals surface area (Å²) in [5.74, 6) is 0.127. The molecular formula is C20H25N3O4S. The number of rotatable bonds is 6. The van der Waals surface area contributed by atoms with Gasteiger partial charge in [0.05, 0.1) is 17.2 Å². The molecule has 1 atom stereocenters. The highest BCUT2D eigenvalue weighted by molar-refractivity contribution is 7.10. The summed E-state index contributed by atoms with van der Waals surface area (Å²) in [5, 5.41) is 24.7. The SMILES string of the molecule is Cc1sccc1C(O)CCc1c(C(=O)ON(C)C)cc2c(nc(C)n2C)c1O. The van der Waals surface area contributed by atoms with Crippen molar-refractivity contribution in [1.29, 1.82) is 0 Å². The minimum Gasteiger partial charge on any atom is -0.505 e. The van der Waals surface area contributed by atoms with Gasteiger partial charge in [0, 0.05) is 31.6 Å². The maximum absolute atomic E-state index is 12.7. The number of nitrogens with zero attached hydrogens (tertiary/aromatic N) is 3. The molecule has 2 heterocycles. The lowest BCUT2D eigenvalue weighted by atomic mass is 9.96. The number of imidazole rings is 1. The van der Waals surface area contributed by atoms with Crippen LogP contribution in [0.3, 0.4) is 0 Å². The van der Waals surface area contributed by atoms with E-state index < -0.39 is 12.1 Å². The molecule has 0 saturated carbocycles. The standard InChI is InChI=1S/C20H25N3O4S/c1-11-13(8-9-28-11)17(24)7-6-14-15(20(26)27-22(3)4)10-16-18(19(14)25)21-12(2)23(16)5/h8-10,17,24-25H,6-7H2,1-5H3. The first-order valence-electron chi connectivity index (χ1n) is 9.00. The lowest BCUT2D eigenvalue weighted by Crippen LogP contribution is -2.20. The molecule has 0 aliphatic heterocycles. The fourth-order valence-electron chi connectivity index (χ4n) is 3.29. The quantitative estimate of drug-likeness (QED) is 0.614. The van der Waals surface area contributed by atoms with E-state index in [0.29, 0.717) is 29.4 Å². The van der Waals surface area contributed by atoms with Crippen LogP contribution in [0.1, 0.15) is 44.7 Å². The van der Waals surface area contributed by atoms with Crippen molar-refractivity contribution in [2.24, 2.45) is 7.05 Å². The number of carbonyl (C=O) groups excluding carboxylic acids is 1. The fourth-order valence-corrected chi connectivity index (χ4v) is 4.05. The number of carbonyl (C=O) groups is 1. The molecule has 28 heavy (non-hydrogen) atoms. The average molecular weight is 404 g/mol. The third-order valence-electron chi connectivity index (χ3n) is 4.89. The largest absolute Gasteiger partial charge is 0.505 e. The van der Waals surface area contributed by atoms with E-state index in [4.69, 9.17) is 4.84 Å². The van der Waals surface area contributed by atoms with Crippen molar-refractivity contribution in [3.05, 3.63) is 44.9 Å². The number of hydrogen-bond acceptors (Lipinski definition) is 7. The molecule has 0 fully saturated rings. The van der Waals surface area contributed by atoms with Crippen LogP contribution in [0.2, 0.25) is 0 Å². The van der Waals surface area contributed by atoms with Crippen molar-refractivity contribution in [3.8, 4) is 5.75 Å². The van der Waals surface area contributed by atoms with E-state index in [2.05, 4.69) is 4.98 Å². The fraction of sp³-hybridized carbons (Fsp3) is 0.400. The zero-order valence-corrected chi connectivity index (χ0v) is 17.5. The summed E-state index contributed by atoms with van der Waals surface area (Å²) in [6.45, 7) is 3.79. The van der Waals surface area contributed by atoms with E-state index >= 15 is 0 Å². The number of hydroxylamine groups is 2. The van der Waals surface area contributed by atoms with Gasteiger partial charge in [0.25, 0.3) is 0 Å². The highest BCUT2D eigenvalue weighted by Gasteiger charge is 2.24. The molecule has 3 aromatic rings. The van der Waals surface area contributed by atoms with Gasteiger partial charge in [0.2, 0.25) is 0 Å². The molecule has 3 rings (SSSR count). The Labute approximate surface area is 167 Å². The third-order valence-corrected chi connectivity index (χ3v) is 5.75. The number of aromatic nitrogens is 2. The van der Waals surface area contributed by atoms with Crippen LogP contribution in [-0.4, -0.2) is 44.9 Å². The van der Waals surface area contributed by atoms with Crippen molar-refractivity contribution in [2.75, 3.05) is 14.1 Å². The number of fused-ring (bicyclic) bond motifs is 1. The smallest absolute Gasteiger partial charge is 0.357 e. The van der Waals surface area contributed by atoms with Gasteiger partial charge in [-0.3, -0.25) is 0 Å². The zero-order chi connectivity index (χ0) is 20.6. The van der Waals surface area contributed by atoms with Crippen LogP contribution >= 0.6 is 11.3 Å². The number of benzene rings is 1. The van der Waals surface area contributed by atoms with Gasteiger partial charge < -0.3 is 19.6 Å². The molecule has 0 radical (unpaired) electrons. The van der Waals surface area contributed by atoms with Crippen LogP contribution in [0.4, 0.5) is 0 Å². The zero-order valence-electron chi connectivity index (χ0n) is 16.7. The number of phenolic OH excluding ortho intramolecular Hbond substituents is 1. The van der Waals surface area contributed by atoms with Gasteiger partial charge in [-0.05, 0) is 49.8 Å². The summed E-state index contributed by atoms with van der Waals surface area (Å²) < 4.78 is 1.81. The van der Waals surface area contributed by atoms with Gasteiger partial charge in [-0.25, -0.2) is 9.78 Å². The molecule has 0 spiro atoms. The van der Waals surface area contributed by atoms with E-state index in [-0.39, 0.29) is 11.3 Å². The Kier molecular flexibility index (Phi) is 5.74. The summed E-state index contributed by atoms with van der Waals surface area (Å²) in [5.41, 5.74) is 2.67. The van der Waals surface area contributed by atoms with Crippen LogP contribution in [0, 0.1) is 13.8 Å². The molecule has 2 aromatic heterocycles. The van der Waals surface area contributed by atoms with E-state index in [1.54, 1.807) is 31.5 Å². The minimum absolute atomic E-state index is 0.0406. The summed E-state index contributed by atoms with van der Waals surface area (Å²) in [7, 11) is 5.06. The van der Waals surface area contributed by atoms with Gasteiger partial charge in [-0.1, -0.05) is 0 Å². The molecule has 0 saturated heterocycles. The monoisotopic (exact) mass is 403 g/mol. The average Bonchev–Trinajstić information content (AvgIpc) is 3.17. The van der Waals surface area contributed by atoms with Crippen molar-refractivity contribution in [3.63, 3.8) is 0 Å². The summed E-state index contributed by atoms with van der Waals surface area (Å²) in [6, 6.07) is 3.59. The van der Waals surface area contributed by atoms with E-state index in [0.717, 1.165) is 16.3 Å². The Balaban J connectivity index is 2.02. The molecule has 1 unspecified atom stereocenters. The molecule has 0 aliphatic rings. The number of thiophene rings is 1. The maximum atomic E-state index is 12.7. The van der Waals surface area contributed by atoms with Crippen molar-refractivity contribution < 1.29 is 19.8 Å². The molecule has 2 N–H and O–H groups in total. The highest BCUT2D eigenvalue weighted by atomic mass is 32.1. The molecular weight excluding hydrogens is 378 g/mol. The number of aliphatic hydroxyl groups excluding tert-OH is 1. The number of aromatic hydroxyl groups is 1. The lowest BCUT2D eigenvalue weighted by molar-refractivity contribution is -0.0714. The van der Waals surface area contributed by atoms with E-state index in [1.807, 2.05) is 36.9 Å². The van der Waals surface area contributed by atoms with Gasteiger partial charge in [0.15, 0.2) is 0 Å². The first-order chi connectivity index (χ1) is 13.2. The first kappa shape index (κ1) is 20.3. The molecule has 0 aliphatic carbocycles. The van der Waals surface area contributed by atoms with Crippen molar-refractivity contribution >= 4 is 28.3 Å². The van der Waals surface area contributed by atoms with Crippen LogP contribution < -0.4 is 0 Å². The normalized spacial score (nSPS) is 12.7. The van der Waals surface area contributed by atoms with Crippen LogP contribution in [0.5, 0.6) is 5.75 Å². The molecule has 0 amide bonds. The topological polar surface area (TPSA) is 87.8 Å². The van der Waals surface area contributed by atoms with Crippen LogP contribution in [-0.2, 0) is 18.3 Å². The summed E-state index contributed by atoms with van der Waals surface area (Å²) in [4.78, 5) is 23.3. The number of phenols is 1. The Hall–Kier alpha value is -2.42. The van der Waals surface area contributed by atoms with Gasteiger partial charge in [-0.2, -0.15) is 0 Å². The predicted octanol–water partition coefficient (Wildman–Crippen LogP) is 3.26. The Morgan fingerprint density at radius 3 is 2.71 bits per heavy atom. The Morgan fingerprint density at radius 1 is 1.39 bits per heavy atom. The van der Waals surface area contributed by atoms with Crippen LogP contribution in [0.15, 0.2) is 17.5 Å². The third kappa shape index (κ3) is 3.76. The second kappa shape index (κ2) is 7.90. The molecule has 7 nitrogen and oxygen atoms in total. The maximum Gasteiger partial charge on any atom is 0.357 e. The molecule has 0 bridgehead atoms.